The third kappa shape index (κ3) is 5.13. The minimum atomic E-state index is -3.55. The Morgan fingerprint density at radius 2 is 1.42 bits per heavy atom. The van der Waals surface area contributed by atoms with E-state index in [1.54, 1.807) is 30.3 Å². The molecule has 1 aromatic heterocycles. The highest BCUT2D eigenvalue weighted by Gasteiger charge is 2.14. The van der Waals surface area contributed by atoms with Crippen LogP contribution in [0.2, 0.25) is 0 Å². The lowest BCUT2D eigenvalue weighted by molar-refractivity contribution is 0.324. The van der Waals surface area contributed by atoms with E-state index < -0.39 is 10.0 Å². The second-order valence-corrected chi connectivity index (χ2v) is 8.07. The number of nitrogens with zero attached hydrogens (tertiary/aromatic N) is 2. The Hall–Kier alpha value is -3.57. The molecule has 0 amide bonds. The van der Waals surface area contributed by atoms with Crippen molar-refractivity contribution in [3.8, 4) is 17.2 Å². The highest BCUT2D eigenvalue weighted by atomic mass is 32.2. The molecule has 0 atom stereocenters. The van der Waals surface area contributed by atoms with Gasteiger partial charge >= 0.3 is 0 Å². The number of nitrogens with one attached hydrogen (secondary N) is 3. The second-order valence-electron chi connectivity index (χ2n) is 6.19. The smallest absolute Gasteiger partial charge is 0.240 e. The van der Waals surface area contributed by atoms with Crippen molar-refractivity contribution in [3.63, 3.8) is 0 Å². The van der Waals surface area contributed by atoms with Gasteiger partial charge in [-0.3, -0.25) is 0 Å². The first-order chi connectivity index (χ1) is 14.9. The van der Waals surface area contributed by atoms with Gasteiger partial charge in [0.2, 0.25) is 15.8 Å². The summed E-state index contributed by atoms with van der Waals surface area (Å²) >= 11 is 0. The van der Waals surface area contributed by atoms with Gasteiger partial charge in [0.25, 0.3) is 0 Å². The third-order valence-electron chi connectivity index (χ3n) is 4.29. The van der Waals surface area contributed by atoms with E-state index in [9.17, 15) is 8.42 Å². The van der Waals surface area contributed by atoms with Crippen molar-refractivity contribution < 1.29 is 22.6 Å². The van der Waals surface area contributed by atoms with E-state index in [0.29, 0.717) is 40.3 Å². The van der Waals surface area contributed by atoms with Gasteiger partial charge in [-0.05, 0) is 25.2 Å². The van der Waals surface area contributed by atoms with Gasteiger partial charge in [0.15, 0.2) is 11.5 Å². The Bertz CT molecular complexity index is 1150. The summed E-state index contributed by atoms with van der Waals surface area (Å²) in [4.78, 5) is 8.55. The van der Waals surface area contributed by atoms with Crippen LogP contribution in [0.4, 0.5) is 23.0 Å². The zero-order valence-electron chi connectivity index (χ0n) is 17.5. The molecule has 11 heteroatoms. The van der Waals surface area contributed by atoms with Gasteiger partial charge in [-0.2, -0.15) is 0 Å². The maximum absolute atomic E-state index is 12.0. The number of hydrogen-bond donors (Lipinski definition) is 3. The van der Waals surface area contributed by atoms with Crippen LogP contribution in [-0.4, -0.2) is 46.8 Å². The molecule has 0 aliphatic carbocycles. The van der Waals surface area contributed by atoms with E-state index in [1.807, 2.05) is 0 Å². The van der Waals surface area contributed by atoms with E-state index in [4.69, 9.17) is 14.2 Å². The van der Waals surface area contributed by atoms with E-state index in [0.717, 1.165) is 0 Å². The van der Waals surface area contributed by atoms with Crippen LogP contribution in [0.15, 0.2) is 53.7 Å². The lowest BCUT2D eigenvalue weighted by atomic mass is 10.2. The molecule has 1 heterocycles. The summed E-state index contributed by atoms with van der Waals surface area (Å²) in [6.07, 6.45) is 1.39. The van der Waals surface area contributed by atoms with E-state index in [1.165, 1.54) is 46.8 Å². The summed E-state index contributed by atoms with van der Waals surface area (Å²) in [5.74, 6) is 2.46. The molecule has 31 heavy (non-hydrogen) atoms. The molecule has 3 aromatic rings. The van der Waals surface area contributed by atoms with Gasteiger partial charge in [-0.1, -0.05) is 6.07 Å². The van der Waals surface area contributed by atoms with Crippen LogP contribution >= 0.6 is 0 Å². The molecule has 3 N–H and O–H groups in total. The molecule has 0 saturated carbocycles. The summed E-state index contributed by atoms with van der Waals surface area (Å²) in [5.41, 5.74) is 1.23. The summed E-state index contributed by atoms with van der Waals surface area (Å²) in [6.45, 7) is 0. The lowest BCUT2D eigenvalue weighted by Crippen LogP contribution is -2.18. The quantitative estimate of drug-likeness (QED) is 0.456. The fourth-order valence-electron chi connectivity index (χ4n) is 2.80. The highest BCUT2D eigenvalue weighted by molar-refractivity contribution is 7.89. The molecule has 0 bridgehead atoms. The number of rotatable bonds is 9. The Kier molecular flexibility index (Phi) is 6.78. The number of sulfonamides is 1. The number of anilines is 4. The van der Waals surface area contributed by atoms with Crippen molar-refractivity contribution in [2.24, 2.45) is 0 Å². The Balaban J connectivity index is 1.84. The standard InChI is InChI=1S/C20H23N5O5S/c1-21-31(26,27)15-7-5-6-13(8-15)24-18-11-19(23-12-22-18)25-14-9-16(28-2)20(30-4)17(10-14)29-3/h5-12,21H,1-4H3,(H2,22,23,24,25). The Morgan fingerprint density at radius 1 is 0.806 bits per heavy atom. The Morgan fingerprint density at radius 3 is 1.97 bits per heavy atom. The minimum absolute atomic E-state index is 0.143. The lowest BCUT2D eigenvalue weighted by Gasteiger charge is -2.15. The molecular weight excluding hydrogens is 422 g/mol. The van der Waals surface area contributed by atoms with Gasteiger partial charge in [0, 0.05) is 29.6 Å². The molecule has 0 unspecified atom stereocenters. The molecule has 0 aliphatic heterocycles. The van der Waals surface area contributed by atoms with E-state index >= 15 is 0 Å². The summed E-state index contributed by atoms with van der Waals surface area (Å²) < 4.78 is 42.4. The molecular formula is C20H23N5O5S. The number of hydrogen-bond acceptors (Lipinski definition) is 9. The fourth-order valence-corrected chi connectivity index (χ4v) is 3.58. The van der Waals surface area contributed by atoms with Crippen molar-refractivity contribution in [1.29, 1.82) is 0 Å². The van der Waals surface area contributed by atoms with Gasteiger partial charge in [0.1, 0.15) is 18.0 Å². The fraction of sp³-hybridized carbons (Fsp3) is 0.200. The predicted molar refractivity (Wildman–Crippen MR) is 117 cm³/mol. The average molecular weight is 446 g/mol. The van der Waals surface area contributed by atoms with E-state index in [2.05, 4.69) is 25.3 Å². The molecule has 0 radical (unpaired) electrons. The van der Waals surface area contributed by atoms with Crippen LogP contribution in [-0.2, 0) is 10.0 Å². The second kappa shape index (κ2) is 9.49. The Labute approximate surface area is 180 Å². The zero-order chi connectivity index (χ0) is 22.4. The summed E-state index contributed by atoms with van der Waals surface area (Å²) in [7, 11) is 2.42. The van der Waals surface area contributed by atoms with E-state index in [-0.39, 0.29) is 4.90 Å². The summed E-state index contributed by atoms with van der Waals surface area (Å²) in [5, 5.41) is 6.24. The van der Waals surface area contributed by atoms with Crippen molar-refractivity contribution in [3.05, 3.63) is 48.8 Å². The third-order valence-corrected chi connectivity index (χ3v) is 5.70. The van der Waals surface area contributed by atoms with Crippen LogP contribution in [0, 0.1) is 0 Å². The van der Waals surface area contributed by atoms with Crippen LogP contribution < -0.4 is 29.6 Å². The molecule has 0 saturated heterocycles. The first-order valence-electron chi connectivity index (χ1n) is 9.10. The van der Waals surface area contributed by atoms with Crippen LogP contribution in [0.5, 0.6) is 17.2 Å². The number of methoxy groups -OCH3 is 3. The van der Waals surface area contributed by atoms with Crippen LogP contribution in [0.3, 0.4) is 0 Å². The molecule has 0 fully saturated rings. The van der Waals surface area contributed by atoms with Gasteiger partial charge in [-0.15, -0.1) is 0 Å². The predicted octanol–water partition coefficient (Wildman–Crippen LogP) is 2.90. The maximum Gasteiger partial charge on any atom is 0.240 e. The van der Waals surface area contributed by atoms with Crippen LogP contribution in [0.1, 0.15) is 0 Å². The van der Waals surface area contributed by atoms with Crippen molar-refractivity contribution in [2.75, 3.05) is 39.0 Å². The topological polar surface area (TPSA) is 124 Å². The van der Waals surface area contributed by atoms with Gasteiger partial charge in [-0.25, -0.2) is 23.1 Å². The van der Waals surface area contributed by atoms with Crippen LogP contribution in [0.25, 0.3) is 0 Å². The SMILES string of the molecule is CNS(=O)(=O)c1cccc(Nc2cc(Nc3cc(OC)c(OC)c(OC)c3)ncn2)c1. The largest absolute Gasteiger partial charge is 0.493 e. The number of aromatic nitrogens is 2. The molecule has 0 aliphatic rings. The molecule has 0 spiro atoms. The highest BCUT2D eigenvalue weighted by Crippen LogP contribution is 2.40. The first kappa shape index (κ1) is 22.1. The van der Waals surface area contributed by atoms with Crippen molar-refractivity contribution >= 4 is 33.0 Å². The number of benzene rings is 2. The molecule has 10 nitrogen and oxygen atoms in total. The van der Waals surface area contributed by atoms with Crippen molar-refractivity contribution in [2.45, 2.75) is 4.90 Å². The molecule has 164 valence electrons. The van der Waals surface area contributed by atoms with Crippen molar-refractivity contribution in [1.82, 2.24) is 14.7 Å². The normalized spacial score (nSPS) is 11.0. The number of ether oxygens (including phenoxy) is 3. The maximum atomic E-state index is 12.0. The minimum Gasteiger partial charge on any atom is -0.493 e. The molecule has 2 aromatic carbocycles. The summed E-state index contributed by atoms with van der Waals surface area (Å²) in [6, 6.07) is 11.6. The monoisotopic (exact) mass is 445 g/mol. The zero-order valence-corrected chi connectivity index (χ0v) is 18.3. The molecule has 3 rings (SSSR count). The van der Waals surface area contributed by atoms with Gasteiger partial charge < -0.3 is 24.8 Å². The first-order valence-corrected chi connectivity index (χ1v) is 10.6. The van der Waals surface area contributed by atoms with Gasteiger partial charge in [0.05, 0.1) is 26.2 Å². The average Bonchev–Trinajstić information content (AvgIpc) is 2.78.